The molecule has 2 aromatic rings. The second-order valence-corrected chi connectivity index (χ2v) is 9.53. The first-order valence-electron chi connectivity index (χ1n) is 10.6. The first-order chi connectivity index (χ1) is 13.8. The third-order valence-electron chi connectivity index (χ3n) is 6.34. The van der Waals surface area contributed by atoms with Crippen molar-refractivity contribution in [1.82, 2.24) is 20.4 Å². The summed E-state index contributed by atoms with van der Waals surface area (Å²) in [6.45, 7) is 7.47. The molecule has 2 aliphatic rings. The van der Waals surface area contributed by atoms with E-state index in [0.717, 1.165) is 42.7 Å². The van der Waals surface area contributed by atoms with Crippen LogP contribution in [0.2, 0.25) is 0 Å². The van der Waals surface area contributed by atoms with Crippen LogP contribution in [0.4, 0.5) is 0 Å². The molecule has 1 aromatic heterocycles. The van der Waals surface area contributed by atoms with Crippen LogP contribution in [-0.4, -0.2) is 46.2 Å². The van der Waals surface area contributed by atoms with Gasteiger partial charge in [0.05, 0.1) is 6.54 Å². The van der Waals surface area contributed by atoms with E-state index in [2.05, 4.69) is 42.4 Å². The second kappa shape index (κ2) is 7.48. The quantitative estimate of drug-likeness (QED) is 0.813. The topological polar surface area (TPSA) is 70.2 Å². The van der Waals surface area contributed by atoms with Crippen LogP contribution in [-0.2, 0) is 12.0 Å². The molecule has 0 unspecified atom stereocenters. The molecule has 1 aliphatic heterocycles. The minimum Gasteiger partial charge on any atom is -0.485 e. The van der Waals surface area contributed by atoms with E-state index in [0.29, 0.717) is 24.8 Å². The fourth-order valence-corrected chi connectivity index (χ4v) is 4.42. The monoisotopic (exact) mass is 396 g/mol. The van der Waals surface area contributed by atoms with E-state index < -0.39 is 0 Å². The molecule has 1 amide bonds. The van der Waals surface area contributed by atoms with Crippen molar-refractivity contribution in [2.24, 2.45) is 0 Å². The van der Waals surface area contributed by atoms with Gasteiger partial charge >= 0.3 is 0 Å². The zero-order valence-electron chi connectivity index (χ0n) is 17.9. The van der Waals surface area contributed by atoms with E-state index in [4.69, 9.17) is 4.74 Å². The molecule has 0 saturated heterocycles. The lowest BCUT2D eigenvalue weighted by Gasteiger charge is -2.41. The predicted molar refractivity (Wildman–Crippen MR) is 113 cm³/mol. The molecule has 0 radical (unpaired) electrons. The Labute approximate surface area is 173 Å². The Balaban J connectivity index is 1.64. The number of hydrogen-bond donors (Lipinski definition) is 2. The highest BCUT2D eigenvalue weighted by molar-refractivity contribution is 5.92. The molecule has 1 aromatic carbocycles. The van der Waals surface area contributed by atoms with Gasteiger partial charge in [-0.15, -0.1) is 0 Å². The van der Waals surface area contributed by atoms with Crippen molar-refractivity contribution in [2.75, 3.05) is 13.6 Å². The summed E-state index contributed by atoms with van der Waals surface area (Å²) in [5.74, 6) is 0.871. The molecular weight excluding hydrogens is 364 g/mol. The third kappa shape index (κ3) is 4.04. The summed E-state index contributed by atoms with van der Waals surface area (Å²) in [4.78, 5) is 15.3. The molecule has 29 heavy (non-hydrogen) atoms. The van der Waals surface area contributed by atoms with E-state index in [1.165, 1.54) is 0 Å². The maximum atomic E-state index is 13.4. The Kier molecular flexibility index (Phi) is 5.15. The highest BCUT2D eigenvalue weighted by atomic mass is 16.5. The summed E-state index contributed by atoms with van der Waals surface area (Å²) in [7, 11) is 2.02. The molecule has 0 bridgehead atoms. The van der Waals surface area contributed by atoms with Crippen LogP contribution in [0.3, 0.4) is 0 Å². The van der Waals surface area contributed by atoms with Crippen molar-refractivity contribution in [2.45, 2.75) is 70.1 Å². The predicted octanol–water partition coefficient (Wildman–Crippen LogP) is 3.64. The lowest BCUT2D eigenvalue weighted by molar-refractivity contribution is 0.000278. The molecule has 2 heterocycles. The summed E-state index contributed by atoms with van der Waals surface area (Å²) < 4.78 is 6.60. The first-order valence-corrected chi connectivity index (χ1v) is 10.6. The number of aromatic amines is 1. The van der Waals surface area contributed by atoms with E-state index >= 15 is 0 Å². The Morgan fingerprint density at radius 1 is 1.28 bits per heavy atom. The van der Waals surface area contributed by atoms with Gasteiger partial charge in [-0.3, -0.25) is 9.89 Å². The van der Waals surface area contributed by atoms with Crippen LogP contribution in [0.15, 0.2) is 30.3 Å². The standard InChI is InChI=1S/C23H32N4O2/c1-22(2,3)20-13-18(25-26-20)21(28)27-14-16-7-5-6-8-19(16)29-23(15-27)11-9-17(24-4)10-12-23/h5-8,13,17,24H,9-12,14-15H2,1-4H3,(H,25,26). The first kappa shape index (κ1) is 20.0. The van der Waals surface area contributed by atoms with E-state index in [9.17, 15) is 4.79 Å². The maximum absolute atomic E-state index is 13.4. The minimum absolute atomic E-state index is 0.0350. The average molecular weight is 397 g/mol. The van der Waals surface area contributed by atoms with Gasteiger partial charge in [0, 0.05) is 29.3 Å². The van der Waals surface area contributed by atoms with E-state index in [1.807, 2.05) is 36.2 Å². The molecule has 6 nitrogen and oxygen atoms in total. The number of nitrogens with zero attached hydrogens (tertiary/aromatic N) is 2. The number of aromatic nitrogens is 2. The fourth-order valence-electron chi connectivity index (χ4n) is 4.42. The number of carbonyl (C=O) groups excluding carboxylic acids is 1. The molecule has 1 fully saturated rings. The van der Waals surface area contributed by atoms with Crippen molar-refractivity contribution in [3.63, 3.8) is 0 Å². The molecule has 0 atom stereocenters. The van der Waals surface area contributed by atoms with Crippen LogP contribution in [0.1, 0.15) is 68.2 Å². The van der Waals surface area contributed by atoms with Gasteiger partial charge in [-0.2, -0.15) is 5.10 Å². The fraction of sp³-hybridized carbons (Fsp3) is 0.565. The number of carbonyl (C=O) groups is 1. The number of amides is 1. The number of rotatable bonds is 2. The Morgan fingerprint density at radius 2 is 2.00 bits per heavy atom. The van der Waals surface area contributed by atoms with Gasteiger partial charge in [0.2, 0.25) is 0 Å². The number of para-hydroxylation sites is 1. The van der Waals surface area contributed by atoms with Gasteiger partial charge in [-0.1, -0.05) is 39.0 Å². The SMILES string of the molecule is CNC1CCC2(CC1)CN(C(=O)c1cc(C(C)(C)C)[nH]n1)Cc1ccccc1O2. The summed E-state index contributed by atoms with van der Waals surface area (Å²) in [5.41, 5.74) is 2.09. The van der Waals surface area contributed by atoms with Crippen LogP contribution >= 0.6 is 0 Å². The van der Waals surface area contributed by atoms with E-state index in [-0.39, 0.29) is 16.9 Å². The second-order valence-electron chi connectivity index (χ2n) is 9.53. The summed E-state index contributed by atoms with van der Waals surface area (Å²) >= 11 is 0. The number of benzene rings is 1. The van der Waals surface area contributed by atoms with Crippen LogP contribution < -0.4 is 10.1 Å². The summed E-state index contributed by atoms with van der Waals surface area (Å²) in [6.07, 6.45) is 3.98. The Bertz CT molecular complexity index is 875. The molecular formula is C23H32N4O2. The van der Waals surface area contributed by atoms with Gasteiger partial charge in [0.1, 0.15) is 17.0 Å². The summed E-state index contributed by atoms with van der Waals surface area (Å²) in [6, 6.07) is 10.5. The smallest absolute Gasteiger partial charge is 0.274 e. The minimum atomic E-state index is -0.335. The molecule has 156 valence electrons. The Hall–Kier alpha value is -2.34. The van der Waals surface area contributed by atoms with E-state index in [1.54, 1.807) is 0 Å². The molecule has 6 heteroatoms. The lowest BCUT2D eigenvalue weighted by Crippen LogP contribution is -2.51. The lowest BCUT2D eigenvalue weighted by atomic mass is 9.81. The van der Waals surface area contributed by atoms with Crippen molar-refractivity contribution in [3.8, 4) is 5.75 Å². The largest absolute Gasteiger partial charge is 0.485 e. The number of fused-ring (bicyclic) bond motifs is 1. The zero-order valence-corrected chi connectivity index (χ0v) is 17.9. The molecule has 1 saturated carbocycles. The highest BCUT2D eigenvalue weighted by Gasteiger charge is 2.42. The highest BCUT2D eigenvalue weighted by Crippen LogP contribution is 2.38. The third-order valence-corrected chi connectivity index (χ3v) is 6.34. The maximum Gasteiger partial charge on any atom is 0.274 e. The zero-order chi connectivity index (χ0) is 20.6. The molecule has 2 N–H and O–H groups in total. The van der Waals surface area contributed by atoms with Crippen molar-refractivity contribution < 1.29 is 9.53 Å². The summed E-state index contributed by atoms with van der Waals surface area (Å²) in [5, 5.41) is 10.8. The van der Waals surface area contributed by atoms with Gasteiger partial charge in [-0.05, 0) is 44.9 Å². The number of hydrogen-bond acceptors (Lipinski definition) is 4. The average Bonchev–Trinajstić information content (AvgIpc) is 3.14. The van der Waals surface area contributed by atoms with Crippen LogP contribution in [0.5, 0.6) is 5.75 Å². The van der Waals surface area contributed by atoms with Crippen molar-refractivity contribution in [1.29, 1.82) is 0 Å². The number of ether oxygens (including phenoxy) is 1. The Morgan fingerprint density at radius 3 is 2.66 bits per heavy atom. The number of H-pyrrole nitrogens is 1. The molecule has 1 aliphatic carbocycles. The van der Waals surface area contributed by atoms with Gasteiger partial charge in [0.15, 0.2) is 0 Å². The van der Waals surface area contributed by atoms with Crippen molar-refractivity contribution >= 4 is 5.91 Å². The molecule has 4 rings (SSSR count). The number of nitrogens with one attached hydrogen (secondary N) is 2. The van der Waals surface area contributed by atoms with Crippen LogP contribution in [0, 0.1) is 0 Å². The van der Waals surface area contributed by atoms with Crippen LogP contribution in [0.25, 0.3) is 0 Å². The normalized spacial score (nSPS) is 24.7. The van der Waals surface area contributed by atoms with Crippen molar-refractivity contribution in [3.05, 3.63) is 47.3 Å². The molecule has 1 spiro atoms. The van der Waals surface area contributed by atoms with Gasteiger partial charge in [-0.25, -0.2) is 0 Å². The van der Waals surface area contributed by atoms with Gasteiger partial charge in [0.25, 0.3) is 5.91 Å². The van der Waals surface area contributed by atoms with Gasteiger partial charge < -0.3 is 15.0 Å².